The van der Waals surface area contributed by atoms with E-state index in [1.807, 2.05) is 0 Å². The van der Waals surface area contributed by atoms with Crippen LogP contribution in [0.1, 0.15) is 14.5 Å². The summed E-state index contributed by atoms with van der Waals surface area (Å²) in [6.07, 6.45) is 3.08. The fraction of sp³-hybridized carbons (Fsp3) is 0.100. The SMILES string of the molecule is Cc1sc(C(=O)O)cc1S(=O)(=O)Nn1cccc1. The number of nitrogens with one attached hydrogen (secondary N) is 1. The summed E-state index contributed by atoms with van der Waals surface area (Å²) in [6, 6.07) is 4.51. The fourth-order valence-corrected chi connectivity index (χ4v) is 3.85. The number of aromatic carboxylic acids is 1. The number of hydrogen-bond acceptors (Lipinski definition) is 4. The minimum atomic E-state index is -3.77. The Morgan fingerprint density at radius 1 is 1.39 bits per heavy atom. The molecule has 0 saturated carbocycles. The minimum absolute atomic E-state index is 0.000353. The summed E-state index contributed by atoms with van der Waals surface area (Å²) >= 11 is 0.934. The molecule has 18 heavy (non-hydrogen) atoms. The molecule has 2 aromatic heterocycles. The summed E-state index contributed by atoms with van der Waals surface area (Å²) in [4.78, 5) is 13.5. The molecule has 2 N–H and O–H groups in total. The van der Waals surface area contributed by atoms with E-state index in [1.165, 1.54) is 17.1 Å². The van der Waals surface area contributed by atoms with Gasteiger partial charge in [-0.1, -0.05) is 0 Å². The van der Waals surface area contributed by atoms with Gasteiger partial charge in [0.15, 0.2) is 0 Å². The van der Waals surface area contributed by atoms with E-state index >= 15 is 0 Å². The summed E-state index contributed by atoms with van der Waals surface area (Å²) in [7, 11) is -3.77. The number of carbonyl (C=O) groups is 1. The molecule has 0 aliphatic heterocycles. The fourth-order valence-electron chi connectivity index (χ4n) is 1.42. The predicted molar refractivity (Wildman–Crippen MR) is 67.0 cm³/mol. The van der Waals surface area contributed by atoms with Crippen LogP contribution in [0.15, 0.2) is 35.5 Å². The van der Waals surface area contributed by atoms with E-state index in [9.17, 15) is 13.2 Å². The van der Waals surface area contributed by atoms with Gasteiger partial charge in [-0.2, -0.15) is 8.42 Å². The van der Waals surface area contributed by atoms with Crippen LogP contribution in [0.5, 0.6) is 0 Å². The molecule has 0 aliphatic carbocycles. The quantitative estimate of drug-likeness (QED) is 0.891. The molecule has 2 rings (SSSR count). The number of carboxylic acids is 1. The lowest BCUT2D eigenvalue weighted by Crippen LogP contribution is -2.21. The first-order valence-corrected chi connectivity index (χ1v) is 7.19. The van der Waals surface area contributed by atoms with Crippen LogP contribution in [0.2, 0.25) is 0 Å². The van der Waals surface area contributed by atoms with Crippen molar-refractivity contribution < 1.29 is 18.3 Å². The smallest absolute Gasteiger partial charge is 0.345 e. The molecule has 6 nitrogen and oxygen atoms in total. The second-order valence-electron chi connectivity index (χ2n) is 3.52. The topological polar surface area (TPSA) is 88.4 Å². The third-order valence-electron chi connectivity index (χ3n) is 2.20. The Balaban J connectivity index is 2.38. The van der Waals surface area contributed by atoms with Crippen molar-refractivity contribution >= 4 is 27.3 Å². The Hall–Kier alpha value is -1.80. The zero-order chi connectivity index (χ0) is 13.3. The third kappa shape index (κ3) is 2.39. The van der Waals surface area contributed by atoms with Crippen LogP contribution in [0, 0.1) is 6.92 Å². The maximum Gasteiger partial charge on any atom is 0.345 e. The number of sulfonamides is 1. The molecule has 0 aliphatic rings. The van der Waals surface area contributed by atoms with Gasteiger partial charge in [-0.05, 0) is 25.1 Å². The van der Waals surface area contributed by atoms with Gasteiger partial charge in [0.25, 0.3) is 10.0 Å². The molecule has 0 bridgehead atoms. The highest BCUT2D eigenvalue weighted by Gasteiger charge is 2.22. The highest BCUT2D eigenvalue weighted by molar-refractivity contribution is 7.92. The first-order valence-electron chi connectivity index (χ1n) is 4.89. The molecule has 0 amide bonds. The summed E-state index contributed by atoms with van der Waals surface area (Å²) in [5, 5.41) is 8.83. The van der Waals surface area contributed by atoms with Gasteiger partial charge in [0.2, 0.25) is 0 Å². The molecule has 2 aromatic rings. The number of thiophene rings is 1. The number of carboxylic acid groups (broad SMARTS) is 1. The Kier molecular flexibility index (Phi) is 3.14. The standard InChI is InChI=1S/C10H10N2O4S2/c1-7-9(6-8(17-7)10(13)14)18(15,16)11-12-4-2-3-5-12/h2-6,11H,1H3,(H,13,14). The van der Waals surface area contributed by atoms with Crippen molar-refractivity contribution in [3.8, 4) is 0 Å². The number of nitrogens with zero attached hydrogens (tertiary/aromatic N) is 1. The first kappa shape index (κ1) is 12.7. The monoisotopic (exact) mass is 286 g/mol. The number of aromatic nitrogens is 1. The number of hydrogen-bond donors (Lipinski definition) is 2. The molecule has 0 radical (unpaired) electrons. The molecule has 0 aromatic carbocycles. The molecule has 0 spiro atoms. The molecular weight excluding hydrogens is 276 g/mol. The van der Waals surface area contributed by atoms with Crippen molar-refractivity contribution in [3.05, 3.63) is 40.3 Å². The highest BCUT2D eigenvalue weighted by atomic mass is 32.2. The Morgan fingerprint density at radius 3 is 2.50 bits per heavy atom. The zero-order valence-electron chi connectivity index (χ0n) is 9.32. The molecular formula is C10H10N2O4S2. The van der Waals surface area contributed by atoms with E-state index < -0.39 is 16.0 Å². The first-order chi connectivity index (χ1) is 8.40. The van der Waals surface area contributed by atoms with Gasteiger partial charge in [-0.25, -0.2) is 9.63 Å². The molecule has 8 heteroatoms. The zero-order valence-corrected chi connectivity index (χ0v) is 11.0. The number of rotatable bonds is 4. The largest absolute Gasteiger partial charge is 0.477 e. The van der Waals surface area contributed by atoms with E-state index in [2.05, 4.69) is 4.83 Å². The van der Waals surface area contributed by atoms with E-state index in [-0.39, 0.29) is 9.77 Å². The van der Waals surface area contributed by atoms with Gasteiger partial charge in [-0.15, -0.1) is 11.3 Å². The summed E-state index contributed by atoms with van der Waals surface area (Å²) < 4.78 is 25.4. The van der Waals surface area contributed by atoms with Crippen molar-refractivity contribution in [3.63, 3.8) is 0 Å². The average molecular weight is 286 g/mol. The van der Waals surface area contributed by atoms with E-state index in [0.29, 0.717) is 4.88 Å². The van der Waals surface area contributed by atoms with Crippen LogP contribution in [0.3, 0.4) is 0 Å². The van der Waals surface area contributed by atoms with E-state index in [4.69, 9.17) is 5.11 Å². The highest BCUT2D eigenvalue weighted by Crippen LogP contribution is 2.25. The maximum absolute atomic E-state index is 12.0. The Labute approximate surface area is 108 Å². The van der Waals surface area contributed by atoms with Gasteiger partial charge in [-0.3, -0.25) is 4.68 Å². The van der Waals surface area contributed by atoms with Gasteiger partial charge in [0.05, 0.1) is 0 Å². The van der Waals surface area contributed by atoms with Gasteiger partial charge >= 0.3 is 5.97 Å². The molecule has 96 valence electrons. The van der Waals surface area contributed by atoms with Gasteiger partial charge in [0, 0.05) is 17.3 Å². The van der Waals surface area contributed by atoms with Crippen molar-refractivity contribution in [2.45, 2.75) is 11.8 Å². The predicted octanol–water partition coefficient (Wildman–Crippen LogP) is 1.49. The maximum atomic E-state index is 12.0. The van der Waals surface area contributed by atoms with Crippen LogP contribution in [-0.4, -0.2) is 24.2 Å². The molecule has 2 heterocycles. The van der Waals surface area contributed by atoms with Crippen LogP contribution in [-0.2, 0) is 10.0 Å². The van der Waals surface area contributed by atoms with Crippen molar-refractivity contribution in [2.75, 3.05) is 4.83 Å². The third-order valence-corrected chi connectivity index (χ3v) is 4.82. The number of aryl methyl sites for hydroxylation is 1. The van der Waals surface area contributed by atoms with Crippen LogP contribution in [0.4, 0.5) is 0 Å². The van der Waals surface area contributed by atoms with Crippen LogP contribution in [0.25, 0.3) is 0 Å². The lowest BCUT2D eigenvalue weighted by atomic mass is 10.4. The second-order valence-corrected chi connectivity index (χ2v) is 6.41. The van der Waals surface area contributed by atoms with Crippen LogP contribution < -0.4 is 4.83 Å². The normalized spacial score (nSPS) is 11.4. The molecule has 0 saturated heterocycles. The molecule has 0 atom stereocenters. The Morgan fingerprint density at radius 2 is 2.00 bits per heavy atom. The molecule has 0 unspecified atom stereocenters. The minimum Gasteiger partial charge on any atom is -0.477 e. The van der Waals surface area contributed by atoms with E-state index in [0.717, 1.165) is 17.4 Å². The van der Waals surface area contributed by atoms with Crippen molar-refractivity contribution in [1.82, 2.24) is 4.68 Å². The van der Waals surface area contributed by atoms with Gasteiger partial charge < -0.3 is 5.11 Å². The molecule has 0 fully saturated rings. The second kappa shape index (κ2) is 4.46. The van der Waals surface area contributed by atoms with Crippen molar-refractivity contribution in [2.24, 2.45) is 0 Å². The summed E-state index contributed by atoms with van der Waals surface area (Å²) in [5.74, 6) is -1.13. The lowest BCUT2D eigenvalue weighted by Gasteiger charge is -2.07. The lowest BCUT2D eigenvalue weighted by molar-refractivity contribution is 0.0702. The average Bonchev–Trinajstić information content (AvgIpc) is 2.86. The van der Waals surface area contributed by atoms with Crippen molar-refractivity contribution in [1.29, 1.82) is 0 Å². The Bertz CT molecular complexity index is 671. The van der Waals surface area contributed by atoms with E-state index in [1.54, 1.807) is 19.1 Å². The van der Waals surface area contributed by atoms with Crippen LogP contribution >= 0.6 is 11.3 Å². The summed E-state index contributed by atoms with van der Waals surface area (Å²) in [5.41, 5.74) is 0. The summed E-state index contributed by atoms with van der Waals surface area (Å²) in [6.45, 7) is 1.57. The van der Waals surface area contributed by atoms with Gasteiger partial charge in [0.1, 0.15) is 9.77 Å².